The van der Waals surface area contributed by atoms with Crippen LogP contribution in [0.1, 0.15) is 25.5 Å². The Kier molecular flexibility index (Phi) is 5.66. The zero-order valence-corrected chi connectivity index (χ0v) is 16.2. The summed E-state index contributed by atoms with van der Waals surface area (Å²) in [5.74, 6) is 0.824. The zero-order chi connectivity index (χ0) is 19.3. The van der Waals surface area contributed by atoms with Crippen molar-refractivity contribution in [2.75, 3.05) is 42.6 Å². The number of nitrogens with zero attached hydrogens (tertiary/aromatic N) is 3. The van der Waals surface area contributed by atoms with Crippen LogP contribution in [0.2, 0.25) is 0 Å². The lowest BCUT2D eigenvalue weighted by Crippen LogP contribution is -2.36. The van der Waals surface area contributed by atoms with Crippen molar-refractivity contribution < 1.29 is 14.3 Å². The van der Waals surface area contributed by atoms with Crippen LogP contribution in [0.15, 0.2) is 30.7 Å². The van der Waals surface area contributed by atoms with Gasteiger partial charge in [0.05, 0.1) is 30.8 Å². The third-order valence-electron chi connectivity index (χ3n) is 5.23. The number of aromatic amines is 1. The second kappa shape index (κ2) is 8.52. The Morgan fingerprint density at radius 1 is 1.46 bits per heavy atom. The van der Waals surface area contributed by atoms with E-state index < -0.39 is 0 Å². The maximum atomic E-state index is 12.7. The van der Waals surface area contributed by atoms with Crippen LogP contribution < -0.4 is 19.9 Å². The first-order valence-electron chi connectivity index (χ1n) is 9.91. The molecule has 2 N–H and O–H groups in total. The van der Waals surface area contributed by atoms with Crippen LogP contribution in [0.4, 0.5) is 16.2 Å². The molecule has 1 aromatic heterocycles. The van der Waals surface area contributed by atoms with E-state index in [1.54, 1.807) is 11.2 Å². The standard InChI is InChI=1S/C20H27N5O3/c1-2-25(20(26)28-13-15-4-3-7-22-15)17-5-6-19-18(10-17)24(8-9-27-19)12-16-11-21-14-23-16/h5-6,10-11,14-15,22H,2-4,7-9,12-13H2,1H3,(H,21,23). The number of carbonyl (C=O) groups is 1. The van der Waals surface area contributed by atoms with E-state index in [1.807, 2.05) is 31.3 Å². The molecular formula is C20H27N5O3. The van der Waals surface area contributed by atoms with Crippen molar-refractivity contribution >= 4 is 17.5 Å². The summed E-state index contributed by atoms with van der Waals surface area (Å²) >= 11 is 0. The van der Waals surface area contributed by atoms with Gasteiger partial charge in [-0.15, -0.1) is 0 Å². The van der Waals surface area contributed by atoms with Gasteiger partial charge in [-0.25, -0.2) is 9.78 Å². The van der Waals surface area contributed by atoms with Crippen LogP contribution in [0, 0.1) is 0 Å². The van der Waals surface area contributed by atoms with Gasteiger partial charge in [-0.05, 0) is 44.5 Å². The van der Waals surface area contributed by atoms with E-state index in [2.05, 4.69) is 20.2 Å². The van der Waals surface area contributed by atoms with Gasteiger partial charge in [-0.3, -0.25) is 4.90 Å². The molecular weight excluding hydrogens is 358 g/mol. The fourth-order valence-electron chi connectivity index (χ4n) is 3.73. The topological polar surface area (TPSA) is 82.7 Å². The summed E-state index contributed by atoms with van der Waals surface area (Å²) in [6, 6.07) is 6.11. The summed E-state index contributed by atoms with van der Waals surface area (Å²) < 4.78 is 11.4. The highest BCUT2D eigenvalue weighted by molar-refractivity contribution is 5.89. The Labute approximate surface area is 164 Å². The molecule has 0 spiro atoms. The fourth-order valence-corrected chi connectivity index (χ4v) is 3.73. The number of ether oxygens (including phenoxy) is 2. The number of amides is 1. The SMILES string of the molecule is CCN(C(=O)OCC1CCCN1)c1ccc2c(c1)N(Cc1c[nH]cn1)CCO2. The third kappa shape index (κ3) is 4.06. The molecule has 1 saturated heterocycles. The fraction of sp³-hybridized carbons (Fsp3) is 0.500. The van der Waals surface area contributed by atoms with Crippen molar-refractivity contribution in [3.05, 3.63) is 36.4 Å². The van der Waals surface area contributed by atoms with Crippen molar-refractivity contribution in [2.24, 2.45) is 0 Å². The largest absolute Gasteiger partial charge is 0.490 e. The summed E-state index contributed by atoms with van der Waals surface area (Å²) in [7, 11) is 0. The normalized spacial score (nSPS) is 18.5. The molecule has 2 aliphatic heterocycles. The van der Waals surface area contributed by atoms with Gasteiger partial charge in [0.2, 0.25) is 0 Å². The average molecular weight is 385 g/mol. The van der Waals surface area contributed by atoms with E-state index in [0.717, 1.165) is 48.7 Å². The smallest absolute Gasteiger partial charge is 0.414 e. The van der Waals surface area contributed by atoms with Gasteiger partial charge in [-0.2, -0.15) is 0 Å². The van der Waals surface area contributed by atoms with Crippen LogP contribution in [-0.2, 0) is 11.3 Å². The van der Waals surface area contributed by atoms with E-state index in [0.29, 0.717) is 26.3 Å². The Balaban J connectivity index is 1.49. The van der Waals surface area contributed by atoms with Crippen LogP contribution in [-0.4, -0.2) is 55.0 Å². The maximum Gasteiger partial charge on any atom is 0.414 e. The number of hydrogen-bond donors (Lipinski definition) is 2. The van der Waals surface area contributed by atoms with E-state index in [9.17, 15) is 4.79 Å². The van der Waals surface area contributed by atoms with Gasteiger partial charge in [0, 0.05) is 24.5 Å². The number of anilines is 2. The summed E-state index contributed by atoms with van der Waals surface area (Å²) in [6.45, 7) is 5.98. The first kappa shape index (κ1) is 18.6. The monoisotopic (exact) mass is 385 g/mol. The molecule has 1 fully saturated rings. The van der Waals surface area contributed by atoms with Crippen molar-refractivity contribution in [1.82, 2.24) is 15.3 Å². The third-order valence-corrected chi connectivity index (χ3v) is 5.23. The minimum Gasteiger partial charge on any atom is -0.490 e. The molecule has 0 bridgehead atoms. The molecule has 3 heterocycles. The first-order chi connectivity index (χ1) is 13.7. The second-order valence-electron chi connectivity index (χ2n) is 7.10. The highest BCUT2D eigenvalue weighted by atomic mass is 16.6. The zero-order valence-electron chi connectivity index (χ0n) is 16.2. The Bertz CT molecular complexity index is 789. The van der Waals surface area contributed by atoms with Crippen molar-refractivity contribution in [2.45, 2.75) is 32.4 Å². The predicted molar refractivity (Wildman–Crippen MR) is 107 cm³/mol. The van der Waals surface area contributed by atoms with E-state index in [-0.39, 0.29) is 12.1 Å². The molecule has 1 aromatic carbocycles. The first-order valence-corrected chi connectivity index (χ1v) is 9.91. The summed E-state index contributed by atoms with van der Waals surface area (Å²) in [6.07, 6.45) is 5.45. The molecule has 1 unspecified atom stereocenters. The number of rotatable bonds is 6. The molecule has 2 aromatic rings. The molecule has 8 nitrogen and oxygen atoms in total. The highest BCUT2D eigenvalue weighted by Crippen LogP contribution is 2.36. The molecule has 0 aliphatic carbocycles. The number of aromatic nitrogens is 2. The van der Waals surface area contributed by atoms with Crippen molar-refractivity contribution in [1.29, 1.82) is 0 Å². The highest BCUT2D eigenvalue weighted by Gasteiger charge is 2.24. The van der Waals surface area contributed by atoms with Gasteiger partial charge < -0.3 is 24.7 Å². The number of nitrogens with one attached hydrogen (secondary N) is 2. The maximum absolute atomic E-state index is 12.7. The van der Waals surface area contributed by atoms with E-state index >= 15 is 0 Å². The number of imidazole rings is 1. The molecule has 28 heavy (non-hydrogen) atoms. The van der Waals surface area contributed by atoms with Crippen molar-refractivity contribution in [3.8, 4) is 5.75 Å². The Morgan fingerprint density at radius 3 is 3.14 bits per heavy atom. The number of benzene rings is 1. The van der Waals surface area contributed by atoms with Crippen molar-refractivity contribution in [3.63, 3.8) is 0 Å². The molecule has 2 aliphatic rings. The molecule has 1 atom stereocenters. The number of hydrogen-bond acceptors (Lipinski definition) is 6. The van der Waals surface area contributed by atoms with Gasteiger partial charge in [0.1, 0.15) is 19.0 Å². The van der Waals surface area contributed by atoms with Crippen LogP contribution in [0.5, 0.6) is 5.75 Å². The summed E-state index contributed by atoms with van der Waals surface area (Å²) in [5.41, 5.74) is 2.74. The number of carbonyl (C=O) groups excluding carboxylic acids is 1. The van der Waals surface area contributed by atoms with Gasteiger partial charge in [0.25, 0.3) is 0 Å². The molecule has 4 rings (SSSR count). The Hall–Kier alpha value is -2.74. The van der Waals surface area contributed by atoms with Crippen LogP contribution >= 0.6 is 0 Å². The lowest BCUT2D eigenvalue weighted by molar-refractivity contribution is 0.144. The lowest BCUT2D eigenvalue weighted by atomic mass is 10.2. The summed E-state index contributed by atoms with van der Waals surface area (Å²) in [5, 5.41) is 3.35. The quantitative estimate of drug-likeness (QED) is 0.795. The number of H-pyrrole nitrogens is 1. The minimum absolute atomic E-state index is 0.268. The number of fused-ring (bicyclic) bond motifs is 1. The molecule has 8 heteroatoms. The van der Waals surface area contributed by atoms with E-state index in [4.69, 9.17) is 9.47 Å². The molecule has 1 amide bonds. The minimum atomic E-state index is -0.313. The molecule has 0 saturated carbocycles. The van der Waals surface area contributed by atoms with E-state index in [1.165, 1.54) is 0 Å². The molecule has 0 radical (unpaired) electrons. The molecule has 150 valence electrons. The predicted octanol–water partition coefficient (Wildman–Crippen LogP) is 2.52. The summed E-state index contributed by atoms with van der Waals surface area (Å²) in [4.78, 5) is 23.8. The van der Waals surface area contributed by atoms with Gasteiger partial charge >= 0.3 is 6.09 Å². The van der Waals surface area contributed by atoms with Crippen LogP contribution in [0.25, 0.3) is 0 Å². The van der Waals surface area contributed by atoms with Gasteiger partial charge in [0.15, 0.2) is 0 Å². The lowest BCUT2D eigenvalue weighted by Gasteiger charge is -2.32. The average Bonchev–Trinajstić information content (AvgIpc) is 3.41. The van der Waals surface area contributed by atoms with Gasteiger partial charge in [-0.1, -0.05) is 0 Å². The van der Waals surface area contributed by atoms with Crippen LogP contribution in [0.3, 0.4) is 0 Å². The second-order valence-corrected chi connectivity index (χ2v) is 7.10. The Morgan fingerprint density at radius 2 is 2.39 bits per heavy atom.